The van der Waals surface area contributed by atoms with E-state index in [1.54, 1.807) is 6.07 Å². The van der Waals surface area contributed by atoms with Gasteiger partial charge in [0.05, 0.1) is 10.2 Å². The van der Waals surface area contributed by atoms with Gasteiger partial charge in [0, 0.05) is 16.2 Å². The average Bonchev–Trinajstić information content (AvgIpc) is 2.38. The van der Waals surface area contributed by atoms with Crippen molar-refractivity contribution in [2.24, 2.45) is 0 Å². The van der Waals surface area contributed by atoms with Gasteiger partial charge in [-0.15, -0.1) is 11.8 Å². The molecule has 2 N–H and O–H groups in total. The molecule has 1 nitrogen and oxygen atoms in total. The van der Waals surface area contributed by atoms with Crippen molar-refractivity contribution in [2.45, 2.75) is 10.6 Å². The van der Waals surface area contributed by atoms with E-state index in [2.05, 4.69) is 15.9 Å². The van der Waals surface area contributed by atoms with Gasteiger partial charge in [-0.1, -0.05) is 0 Å². The van der Waals surface area contributed by atoms with Crippen LogP contribution in [-0.4, -0.2) is 0 Å². The number of nitrogen functional groups attached to an aromatic ring is 1. The molecule has 0 amide bonds. The fourth-order valence-corrected chi connectivity index (χ4v) is 2.75. The zero-order valence-corrected chi connectivity index (χ0v) is 12.0. The van der Waals surface area contributed by atoms with Gasteiger partial charge in [0.25, 0.3) is 0 Å². The van der Waals surface area contributed by atoms with Crippen molar-refractivity contribution in [1.29, 1.82) is 0 Å². The number of rotatable bonds is 3. The molecule has 0 bridgehead atoms. The molecule has 0 aliphatic carbocycles. The van der Waals surface area contributed by atoms with Gasteiger partial charge >= 0.3 is 0 Å². The second-order valence-corrected chi connectivity index (χ2v) is 5.70. The van der Waals surface area contributed by atoms with Gasteiger partial charge < -0.3 is 5.73 Å². The highest BCUT2D eigenvalue weighted by Crippen LogP contribution is 2.29. The quantitative estimate of drug-likeness (QED) is 0.493. The van der Waals surface area contributed by atoms with Gasteiger partial charge in [0.15, 0.2) is 0 Å². The van der Waals surface area contributed by atoms with Crippen molar-refractivity contribution >= 4 is 33.4 Å². The minimum atomic E-state index is -0.636. The van der Waals surface area contributed by atoms with Crippen LogP contribution < -0.4 is 5.73 Å². The number of hydrogen-bond donors (Lipinski definition) is 1. The van der Waals surface area contributed by atoms with Gasteiger partial charge in [-0.05, 0) is 46.3 Å². The molecule has 0 aromatic heterocycles. The summed E-state index contributed by atoms with van der Waals surface area (Å²) >= 11 is 4.14. The third-order valence-corrected chi connectivity index (χ3v) is 4.13. The Labute approximate surface area is 121 Å². The summed E-state index contributed by atoms with van der Waals surface area (Å²) < 4.78 is 40.7. The Bertz CT molecular complexity index is 619. The van der Waals surface area contributed by atoms with Crippen LogP contribution in [0.15, 0.2) is 39.7 Å². The maximum absolute atomic E-state index is 13.7. The van der Waals surface area contributed by atoms with E-state index in [1.807, 2.05) is 0 Å². The third-order valence-electron chi connectivity index (χ3n) is 2.49. The number of anilines is 1. The molecule has 0 heterocycles. The zero-order valence-electron chi connectivity index (χ0n) is 9.59. The molecule has 0 saturated carbocycles. The topological polar surface area (TPSA) is 26.0 Å². The van der Waals surface area contributed by atoms with Crippen LogP contribution in [0.4, 0.5) is 18.9 Å². The van der Waals surface area contributed by atoms with Crippen LogP contribution in [0.1, 0.15) is 5.56 Å². The Hall–Kier alpha value is -1.14. The molecule has 2 aromatic rings. The summed E-state index contributed by atoms with van der Waals surface area (Å²) in [5, 5.41) is 0. The lowest BCUT2D eigenvalue weighted by Crippen LogP contribution is -1.95. The largest absolute Gasteiger partial charge is 0.396 e. The van der Waals surface area contributed by atoms with E-state index in [0.717, 1.165) is 11.8 Å². The van der Waals surface area contributed by atoms with Crippen LogP contribution in [0.2, 0.25) is 0 Å². The van der Waals surface area contributed by atoms with Crippen molar-refractivity contribution in [3.05, 3.63) is 57.8 Å². The molecule has 6 heteroatoms. The predicted octanol–water partition coefficient (Wildman–Crippen LogP) is 4.74. The lowest BCUT2D eigenvalue weighted by Gasteiger charge is -2.07. The fourth-order valence-electron chi connectivity index (χ4n) is 1.45. The Morgan fingerprint density at radius 3 is 2.47 bits per heavy atom. The Kier molecular flexibility index (Phi) is 4.42. The van der Waals surface area contributed by atoms with Gasteiger partial charge in [0.1, 0.15) is 17.5 Å². The average molecular weight is 348 g/mol. The molecular weight excluding hydrogens is 339 g/mol. The summed E-state index contributed by atoms with van der Waals surface area (Å²) in [6, 6.07) is 6.77. The molecule has 100 valence electrons. The Morgan fingerprint density at radius 1 is 1.05 bits per heavy atom. The number of nitrogens with two attached hydrogens (primary N) is 1. The Morgan fingerprint density at radius 2 is 1.79 bits per heavy atom. The molecule has 2 rings (SSSR count). The Balaban J connectivity index is 2.19. The van der Waals surface area contributed by atoms with Crippen molar-refractivity contribution in [1.82, 2.24) is 0 Å². The molecular formula is C13H9BrF3NS. The first-order valence-corrected chi connectivity index (χ1v) is 7.07. The second kappa shape index (κ2) is 5.88. The lowest BCUT2D eigenvalue weighted by molar-refractivity contribution is 0.562. The van der Waals surface area contributed by atoms with Crippen molar-refractivity contribution < 1.29 is 13.2 Å². The summed E-state index contributed by atoms with van der Waals surface area (Å²) in [6.07, 6.45) is 0. The van der Waals surface area contributed by atoms with E-state index in [9.17, 15) is 13.2 Å². The predicted molar refractivity (Wildman–Crippen MR) is 74.4 cm³/mol. The number of benzene rings is 2. The number of hydrogen-bond acceptors (Lipinski definition) is 2. The molecule has 0 aliphatic rings. The third kappa shape index (κ3) is 3.25. The highest BCUT2D eigenvalue weighted by Gasteiger charge is 2.13. The summed E-state index contributed by atoms with van der Waals surface area (Å²) in [7, 11) is 0. The lowest BCUT2D eigenvalue weighted by atomic mass is 10.2. The van der Waals surface area contributed by atoms with Gasteiger partial charge in [-0.3, -0.25) is 0 Å². The van der Waals surface area contributed by atoms with Crippen LogP contribution in [0.3, 0.4) is 0 Å². The van der Waals surface area contributed by atoms with Crippen LogP contribution in [0, 0.1) is 17.5 Å². The first kappa shape index (κ1) is 14.3. The van der Waals surface area contributed by atoms with Crippen LogP contribution in [0.5, 0.6) is 0 Å². The molecule has 0 radical (unpaired) electrons. The number of halogens is 4. The van der Waals surface area contributed by atoms with Crippen LogP contribution >= 0.6 is 27.7 Å². The van der Waals surface area contributed by atoms with Crippen molar-refractivity contribution in [3.63, 3.8) is 0 Å². The maximum Gasteiger partial charge on any atom is 0.147 e. The van der Waals surface area contributed by atoms with E-state index in [-0.39, 0.29) is 21.5 Å². The van der Waals surface area contributed by atoms with E-state index in [1.165, 1.54) is 24.3 Å². The van der Waals surface area contributed by atoms with E-state index in [0.29, 0.717) is 4.90 Å². The molecule has 0 unspecified atom stereocenters. The van der Waals surface area contributed by atoms with Gasteiger partial charge in [-0.2, -0.15) is 0 Å². The van der Waals surface area contributed by atoms with Gasteiger partial charge in [0.2, 0.25) is 0 Å². The van der Waals surface area contributed by atoms with Crippen molar-refractivity contribution in [2.75, 3.05) is 5.73 Å². The standard InChI is InChI=1S/C13H9BrF3NS/c14-9-2-3-10(15)8(13(9)17)6-19-7-1-4-12(18)11(16)5-7/h1-5H,6,18H2. The fraction of sp³-hybridized carbons (Fsp3) is 0.0769. The maximum atomic E-state index is 13.7. The SMILES string of the molecule is Nc1ccc(SCc2c(F)ccc(Br)c2F)cc1F. The summed E-state index contributed by atoms with van der Waals surface area (Å²) in [5.74, 6) is -1.73. The minimum absolute atomic E-state index is 0.0448. The first-order chi connectivity index (χ1) is 8.99. The molecule has 0 fully saturated rings. The van der Waals surface area contributed by atoms with Crippen LogP contribution in [-0.2, 0) is 5.75 Å². The molecule has 0 aliphatic heterocycles. The zero-order chi connectivity index (χ0) is 14.0. The van der Waals surface area contributed by atoms with E-state index in [4.69, 9.17) is 5.73 Å². The molecule has 0 saturated heterocycles. The highest BCUT2D eigenvalue weighted by atomic mass is 79.9. The highest BCUT2D eigenvalue weighted by molar-refractivity contribution is 9.10. The smallest absolute Gasteiger partial charge is 0.147 e. The summed E-state index contributed by atoms with van der Waals surface area (Å²) in [6.45, 7) is 0. The summed E-state index contributed by atoms with van der Waals surface area (Å²) in [5.41, 5.74) is 5.35. The minimum Gasteiger partial charge on any atom is -0.396 e. The molecule has 2 aromatic carbocycles. The van der Waals surface area contributed by atoms with Crippen molar-refractivity contribution in [3.8, 4) is 0 Å². The number of thioether (sulfide) groups is 1. The molecule has 19 heavy (non-hydrogen) atoms. The van der Waals surface area contributed by atoms with E-state index >= 15 is 0 Å². The second-order valence-electron chi connectivity index (χ2n) is 3.79. The van der Waals surface area contributed by atoms with E-state index < -0.39 is 17.5 Å². The normalized spacial score (nSPS) is 10.7. The molecule has 0 atom stereocenters. The monoisotopic (exact) mass is 347 g/mol. The summed E-state index contributed by atoms with van der Waals surface area (Å²) in [4.78, 5) is 0.561. The first-order valence-electron chi connectivity index (χ1n) is 5.29. The van der Waals surface area contributed by atoms with Gasteiger partial charge in [-0.25, -0.2) is 13.2 Å². The molecule has 0 spiro atoms. The van der Waals surface area contributed by atoms with Crippen LogP contribution in [0.25, 0.3) is 0 Å².